The fourth-order valence-corrected chi connectivity index (χ4v) is 2.91. The van der Waals surface area contributed by atoms with Crippen LogP contribution in [0.3, 0.4) is 0 Å². The molecule has 1 aliphatic rings. The smallest absolute Gasteiger partial charge is 0.0605 e. The lowest BCUT2D eigenvalue weighted by Crippen LogP contribution is -2.19. The lowest BCUT2D eigenvalue weighted by Gasteiger charge is -2.13. The molecule has 0 fully saturated rings. The van der Waals surface area contributed by atoms with E-state index in [-0.39, 0.29) is 0 Å². The Hall–Kier alpha value is -1.19. The zero-order valence-electron chi connectivity index (χ0n) is 10.1. The number of nitrogens with one attached hydrogen (secondary N) is 1. The van der Waals surface area contributed by atoms with Crippen molar-refractivity contribution in [2.24, 2.45) is 0 Å². The number of aryl methyl sites for hydroxylation is 1. The summed E-state index contributed by atoms with van der Waals surface area (Å²) in [6.07, 6.45) is 4.17. The summed E-state index contributed by atoms with van der Waals surface area (Å²) in [4.78, 5) is 4.50. The lowest BCUT2D eigenvalue weighted by molar-refractivity contribution is 0.520. The van der Waals surface area contributed by atoms with Gasteiger partial charge in [-0.2, -0.15) is 0 Å². The maximum absolute atomic E-state index is 4.50. The molecule has 0 radical (unpaired) electrons. The Morgan fingerprint density at radius 2 is 2.11 bits per heavy atom. The highest BCUT2D eigenvalue weighted by molar-refractivity contribution is 9.10. The van der Waals surface area contributed by atoms with Crippen molar-refractivity contribution >= 4 is 15.9 Å². The summed E-state index contributed by atoms with van der Waals surface area (Å²) in [6.45, 7) is 0.877. The van der Waals surface area contributed by atoms with Gasteiger partial charge in [0, 0.05) is 17.2 Å². The van der Waals surface area contributed by atoms with E-state index >= 15 is 0 Å². The maximum atomic E-state index is 4.50. The van der Waals surface area contributed by atoms with Crippen LogP contribution in [0.2, 0.25) is 0 Å². The number of halogens is 1. The molecule has 1 aromatic carbocycles. The van der Waals surface area contributed by atoms with Gasteiger partial charge in [0.25, 0.3) is 0 Å². The summed E-state index contributed by atoms with van der Waals surface area (Å²) in [5.41, 5.74) is 3.91. The van der Waals surface area contributed by atoms with E-state index in [2.05, 4.69) is 50.5 Å². The quantitative estimate of drug-likeness (QED) is 0.937. The molecule has 1 aromatic heterocycles. The molecule has 0 saturated heterocycles. The Morgan fingerprint density at radius 3 is 3.00 bits per heavy atom. The summed E-state index contributed by atoms with van der Waals surface area (Å²) < 4.78 is 1.16. The number of nitrogens with zero attached hydrogens (tertiary/aromatic N) is 1. The molecule has 1 atom stereocenters. The fraction of sp³-hybridized carbons (Fsp3) is 0.267. The number of hydrogen-bond donors (Lipinski definition) is 1. The van der Waals surface area contributed by atoms with Gasteiger partial charge in [0.15, 0.2) is 0 Å². The molecule has 92 valence electrons. The van der Waals surface area contributed by atoms with Gasteiger partial charge in [0.1, 0.15) is 0 Å². The van der Waals surface area contributed by atoms with Crippen LogP contribution in [0.4, 0.5) is 0 Å². The normalized spacial score (nSPS) is 17.7. The van der Waals surface area contributed by atoms with E-state index in [0.717, 1.165) is 23.9 Å². The first-order chi connectivity index (χ1) is 8.84. The van der Waals surface area contributed by atoms with E-state index in [1.165, 1.54) is 16.8 Å². The molecular weight excluding hydrogens is 288 g/mol. The van der Waals surface area contributed by atoms with Crippen molar-refractivity contribution < 1.29 is 0 Å². The van der Waals surface area contributed by atoms with Gasteiger partial charge in [-0.05, 0) is 36.1 Å². The third-order valence-electron chi connectivity index (χ3n) is 3.46. The molecule has 3 rings (SSSR count). The first kappa shape index (κ1) is 11.9. The van der Waals surface area contributed by atoms with E-state index in [1.54, 1.807) is 0 Å². The van der Waals surface area contributed by atoms with Crippen molar-refractivity contribution in [1.29, 1.82) is 0 Å². The Bertz CT molecular complexity index is 554. The molecule has 1 aliphatic carbocycles. The van der Waals surface area contributed by atoms with Crippen molar-refractivity contribution in [3.63, 3.8) is 0 Å². The maximum Gasteiger partial charge on any atom is 0.0605 e. The predicted molar refractivity (Wildman–Crippen MR) is 76.3 cm³/mol. The fourth-order valence-electron chi connectivity index (χ4n) is 2.49. The highest BCUT2D eigenvalue weighted by Gasteiger charge is 2.22. The van der Waals surface area contributed by atoms with Crippen LogP contribution in [0.5, 0.6) is 0 Å². The molecule has 0 spiro atoms. The molecule has 1 unspecified atom stereocenters. The standard InChI is InChI=1S/C15H15BrN2/c16-13-6-2-1-4-12(13)10-18-14-8-7-11-5-3-9-17-15(11)14/h1-6,9,14,18H,7-8,10H2. The SMILES string of the molecule is Brc1ccccc1CNC1CCc2cccnc21. The van der Waals surface area contributed by atoms with Crippen molar-refractivity contribution in [3.05, 3.63) is 63.9 Å². The van der Waals surface area contributed by atoms with Crippen LogP contribution in [0.15, 0.2) is 47.1 Å². The van der Waals surface area contributed by atoms with Crippen LogP contribution in [-0.2, 0) is 13.0 Å². The molecule has 0 bridgehead atoms. The van der Waals surface area contributed by atoms with Gasteiger partial charge in [-0.1, -0.05) is 40.2 Å². The molecule has 2 nitrogen and oxygen atoms in total. The minimum absolute atomic E-state index is 0.397. The third-order valence-corrected chi connectivity index (χ3v) is 4.23. The first-order valence-electron chi connectivity index (χ1n) is 6.25. The second-order valence-electron chi connectivity index (χ2n) is 4.61. The Labute approximate surface area is 116 Å². The minimum Gasteiger partial charge on any atom is -0.304 e. The van der Waals surface area contributed by atoms with E-state index in [1.807, 2.05) is 18.3 Å². The molecule has 1 N–H and O–H groups in total. The van der Waals surface area contributed by atoms with E-state index < -0.39 is 0 Å². The average molecular weight is 303 g/mol. The monoisotopic (exact) mass is 302 g/mol. The van der Waals surface area contributed by atoms with Gasteiger partial charge in [0.2, 0.25) is 0 Å². The van der Waals surface area contributed by atoms with Crippen LogP contribution < -0.4 is 5.32 Å². The van der Waals surface area contributed by atoms with Crippen LogP contribution in [0.25, 0.3) is 0 Å². The topological polar surface area (TPSA) is 24.9 Å². The number of benzene rings is 1. The van der Waals surface area contributed by atoms with E-state index in [4.69, 9.17) is 0 Å². The van der Waals surface area contributed by atoms with Crippen LogP contribution in [0, 0.1) is 0 Å². The summed E-state index contributed by atoms with van der Waals surface area (Å²) in [6, 6.07) is 12.9. The zero-order valence-corrected chi connectivity index (χ0v) is 11.7. The molecule has 1 heterocycles. The number of aromatic nitrogens is 1. The Kier molecular flexibility index (Phi) is 3.43. The Morgan fingerprint density at radius 1 is 1.22 bits per heavy atom. The molecule has 2 aromatic rings. The van der Waals surface area contributed by atoms with Gasteiger partial charge < -0.3 is 5.32 Å². The van der Waals surface area contributed by atoms with Gasteiger partial charge in [-0.3, -0.25) is 4.98 Å². The van der Waals surface area contributed by atoms with Crippen molar-refractivity contribution in [2.45, 2.75) is 25.4 Å². The van der Waals surface area contributed by atoms with E-state index in [0.29, 0.717) is 6.04 Å². The van der Waals surface area contributed by atoms with E-state index in [9.17, 15) is 0 Å². The van der Waals surface area contributed by atoms with Crippen molar-refractivity contribution in [3.8, 4) is 0 Å². The largest absolute Gasteiger partial charge is 0.304 e. The number of hydrogen-bond acceptors (Lipinski definition) is 2. The summed E-state index contributed by atoms with van der Waals surface area (Å²) >= 11 is 3.58. The second-order valence-corrected chi connectivity index (χ2v) is 5.47. The molecule has 0 saturated carbocycles. The van der Waals surface area contributed by atoms with Crippen LogP contribution >= 0.6 is 15.9 Å². The average Bonchev–Trinajstić information content (AvgIpc) is 2.81. The van der Waals surface area contributed by atoms with Gasteiger partial charge in [0.05, 0.1) is 11.7 Å². The summed E-state index contributed by atoms with van der Waals surface area (Å²) in [5, 5.41) is 3.60. The highest BCUT2D eigenvalue weighted by Crippen LogP contribution is 2.29. The molecule has 3 heteroatoms. The number of fused-ring (bicyclic) bond motifs is 1. The van der Waals surface area contributed by atoms with Gasteiger partial charge in [-0.25, -0.2) is 0 Å². The van der Waals surface area contributed by atoms with Crippen molar-refractivity contribution in [1.82, 2.24) is 10.3 Å². The first-order valence-corrected chi connectivity index (χ1v) is 7.04. The molecule has 0 aliphatic heterocycles. The minimum atomic E-state index is 0.397. The Balaban J connectivity index is 1.71. The summed E-state index contributed by atoms with van der Waals surface area (Å²) in [7, 11) is 0. The lowest BCUT2D eigenvalue weighted by atomic mass is 10.2. The van der Waals surface area contributed by atoms with Gasteiger partial charge >= 0.3 is 0 Å². The number of rotatable bonds is 3. The molecule has 0 amide bonds. The summed E-state index contributed by atoms with van der Waals surface area (Å²) in [5.74, 6) is 0. The predicted octanol–water partition coefficient (Wildman–Crippen LogP) is 3.62. The number of pyridine rings is 1. The van der Waals surface area contributed by atoms with Crippen LogP contribution in [-0.4, -0.2) is 4.98 Å². The second kappa shape index (κ2) is 5.21. The third kappa shape index (κ3) is 2.33. The van der Waals surface area contributed by atoms with Crippen LogP contribution in [0.1, 0.15) is 29.3 Å². The molecular formula is C15H15BrN2. The zero-order chi connectivity index (χ0) is 12.4. The van der Waals surface area contributed by atoms with Crippen molar-refractivity contribution in [2.75, 3.05) is 0 Å². The molecule has 18 heavy (non-hydrogen) atoms. The van der Waals surface area contributed by atoms with Gasteiger partial charge in [-0.15, -0.1) is 0 Å². The highest BCUT2D eigenvalue weighted by atomic mass is 79.9.